The highest BCUT2D eigenvalue weighted by atomic mass is 16.5. The Morgan fingerprint density at radius 2 is 2.23 bits per heavy atom. The number of aromatic nitrogens is 1. The summed E-state index contributed by atoms with van der Waals surface area (Å²) in [5.41, 5.74) is 2.94. The molecule has 1 atom stereocenters. The fourth-order valence-corrected chi connectivity index (χ4v) is 3.22. The van der Waals surface area contributed by atoms with Gasteiger partial charge in [0.15, 0.2) is 0 Å². The molecule has 116 valence electrons. The number of pyridine rings is 1. The van der Waals surface area contributed by atoms with Crippen molar-refractivity contribution in [3.8, 4) is 0 Å². The zero-order valence-corrected chi connectivity index (χ0v) is 13.4. The van der Waals surface area contributed by atoms with E-state index in [2.05, 4.69) is 35.0 Å². The standard InChI is InChI=1S/C18H22N2O2/c1-4-22-17(21)18(3)9-11-20(12-18)15-8-10-19-16-13(2)6-5-7-14(15)16/h5-8,10H,4,9,11-12H2,1-3H3. The summed E-state index contributed by atoms with van der Waals surface area (Å²) in [5.74, 6) is -0.0907. The highest BCUT2D eigenvalue weighted by Gasteiger charge is 2.42. The fraction of sp³-hybridized carbons (Fsp3) is 0.444. The first-order chi connectivity index (χ1) is 10.5. The van der Waals surface area contributed by atoms with E-state index in [1.807, 2.05) is 26.1 Å². The van der Waals surface area contributed by atoms with Gasteiger partial charge in [-0.15, -0.1) is 0 Å². The van der Waals surface area contributed by atoms with Crippen molar-refractivity contribution in [2.24, 2.45) is 5.41 Å². The van der Waals surface area contributed by atoms with Gasteiger partial charge in [-0.25, -0.2) is 0 Å². The van der Waals surface area contributed by atoms with E-state index < -0.39 is 5.41 Å². The molecule has 1 unspecified atom stereocenters. The Labute approximate surface area is 131 Å². The molecule has 2 heterocycles. The number of para-hydroxylation sites is 1. The van der Waals surface area contributed by atoms with Gasteiger partial charge < -0.3 is 9.64 Å². The Morgan fingerprint density at radius 1 is 1.41 bits per heavy atom. The summed E-state index contributed by atoms with van der Waals surface area (Å²) in [6.07, 6.45) is 2.67. The van der Waals surface area contributed by atoms with E-state index in [4.69, 9.17) is 4.74 Å². The summed E-state index contributed by atoms with van der Waals surface area (Å²) in [5, 5.41) is 1.15. The molecule has 1 aromatic heterocycles. The molecule has 0 spiro atoms. The molecule has 3 rings (SSSR count). The second-order valence-corrected chi connectivity index (χ2v) is 6.25. The van der Waals surface area contributed by atoms with Gasteiger partial charge in [-0.3, -0.25) is 9.78 Å². The summed E-state index contributed by atoms with van der Waals surface area (Å²) in [7, 11) is 0. The van der Waals surface area contributed by atoms with Crippen molar-refractivity contribution in [1.29, 1.82) is 0 Å². The lowest BCUT2D eigenvalue weighted by atomic mass is 9.90. The molecule has 0 amide bonds. The zero-order valence-electron chi connectivity index (χ0n) is 13.4. The molecule has 22 heavy (non-hydrogen) atoms. The molecule has 0 N–H and O–H groups in total. The first kappa shape index (κ1) is 14.8. The molecule has 2 aromatic rings. The summed E-state index contributed by atoms with van der Waals surface area (Å²) in [6, 6.07) is 8.28. The normalized spacial score (nSPS) is 21.3. The van der Waals surface area contributed by atoms with Crippen LogP contribution in [0.25, 0.3) is 10.9 Å². The number of esters is 1. The average Bonchev–Trinajstić information content (AvgIpc) is 2.91. The molecular formula is C18H22N2O2. The number of carbonyl (C=O) groups excluding carboxylic acids is 1. The van der Waals surface area contributed by atoms with Gasteiger partial charge in [0.25, 0.3) is 0 Å². The van der Waals surface area contributed by atoms with Gasteiger partial charge in [0.1, 0.15) is 0 Å². The SMILES string of the molecule is CCOC(=O)C1(C)CCN(c2ccnc3c(C)cccc23)C1. The van der Waals surface area contributed by atoms with Gasteiger partial charge in [-0.05, 0) is 38.8 Å². The zero-order chi connectivity index (χ0) is 15.7. The monoisotopic (exact) mass is 298 g/mol. The van der Waals surface area contributed by atoms with Crippen LogP contribution in [0.5, 0.6) is 0 Å². The predicted molar refractivity (Wildman–Crippen MR) is 88.1 cm³/mol. The van der Waals surface area contributed by atoms with Gasteiger partial charge >= 0.3 is 5.97 Å². The molecule has 0 saturated carbocycles. The predicted octanol–water partition coefficient (Wildman–Crippen LogP) is 3.32. The first-order valence-electron chi connectivity index (χ1n) is 7.82. The van der Waals surface area contributed by atoms with Gasteiger partial charge in [-0.2, -0.15) is 0 Å². The van der Waals surface area contributed by atoms with Crippen molar-refractivity contribution in [1.82, 2.24) is 4.98 Å². The van der Waals surface area contributed by atoms with Crippen molar-refractivity contribution < 1.29 is 9.53 Å². The van der Waals surface area contributed by atoms with E-state index in [9.17, 15) is 4.79 Å². The van der Waals surface area contributed by atoms with Gasteiger partial charge in [-0.1, -0.05) is 18.2 Å². The average molecular weight is 298 g/mol. The number of nitrogens with zero attached hydrogens (tertiary/aromatic N) is 2. The van der Waals surface area contributed by atoms with Crippen LogP contribution in [0.15, 0.2) is 30.5 Å². The number of benzene rings is 1. The lowest BCUT2D eigenvalue weighted by Crippen LogP contribution is -2.33. The number of fused-ring (bicyclic) bond motifs is 1. The van der Waals surface area contributed by atoms with Crippen LogP contribution in [-0.2, 0) is 9.53 Å². The minimum Gasteiger partial charge on any atom is -0.466 e. The van der Waals surface area contributed by atoms with Crippen LogP contribution in [0.2, 0.25) is 0 Å². The Balaban J connectivity index is 1.94. The summed E-state index contributed by atoms with van der Waals surface area (Å²) in [6.45, 7) is 7.92. The number of carbonyl (C=O) groups is 1. The van der Waals surface area contributed by atoms with E-state index in [1.54, 1.807) is 0 Å². The highest BCUT2D eigenvalue weighted by molar-refractivity contribution is 5.94. The molecule has 1 aromatic carbocycles. The van der Waals surface area contributed by atoms with Crippen LogP contribution in [0.4, 0.5) is 5.69 Å². The third-order valence-electron chi connectivity index (χ3n) is 4.53. The van der Waals surface area contributed by atoms with Gasteiger partial charge in [0.2, 0.25) is 0 Å². The Kier molecular flexibility index (Phi) is 3.77. The van der Waals surface area contributed by atoms with Gasteiger partial charge in [0.05, 0.1) is 17.5 Å². The molecule has 4 nitrogen and oxygen atoms in total. The quantitative estimate of drug-likeness (QED) is 0.815. The van der Waals surface area contributed by atoms with Crippen molar-refractivity contribution in [2.75, 3.05) is 24.6 Å². The Bertz CT molecular complexity index is 713. The van der Waals surface area contributed by atoms with E-state index >= 15 is 0 Å². The lowest BCUT2D eigenvalue weighted by molar-refractivity contribution is -0.153. The minimum atomic E-state index is -0.421. The number of aryl methyl sites for hydroxylation is 1. The number of rotatable bonds is 3. The van der Waals surface area contributed by atoms with Gasteiger partial charge in [0, 0.05) is 30.4 Å². The minimum absolute atomic E-state index is 0.0907. The highest BCUT2D eigenvalue weighted by Crippen LogP contribution is 2.37. The largest absolute Gasteiger partial charge is 0.466 e. The number of anilines is 1. The molecule has 1 aliphatic rings. The van der Waals surface area contributed by atoms with Crippen molar-refractivity contribution >= 4 is 22.6 Å². The van der Waals surface area contributed by atoms with Crippen LogP contribution in [0.3, 0.4) is 0 Å². The molecule has 0 radical (unpaired) electrons. The molecule has 0 bridgehead atoms. The third-order valence-corrected chi connectivity index (χ3v) is 4.53. The maximum atomic E-state index is 12.2. The van der Waals surface area contributed by atoms with Crippen LogP contribution in [-0.4, -0.2) is 30.6 Å². The van der Waals surface area contributed by atoms with Crippen molar-refractivity contribution in [2.45, 2.75) is 27.2 Å². The fourth-order valence-electron chi connectivity index (χ4n) is 3.22. The molecule has 0 aliphatic carbocycles. The maximum Gasteiger partial charge on any atom is 0.313 e. The molecule has 1 aliphatic heterocycles. The van der Waals surface area contributed by atoms with Crippen LogP contribution < -0.4 is 4.90 Å². The van der Waals surface area contributed by atoms with E-state index in [-0.39, 0.29) is 5.97 Å². The maximum absolute atomic E-state index is 12.2. The van der Waals surface area contributed by atoms with Crippen LogP contribution in [0.1, 0.15) is 25.8 Å². The lowest BCUT2D eigenvalue weighted by Gasteiger charge is -2.24. The topological polar surface area (TPSA) is 42.4 Å². The van der Waals surface area contributed by atoms with Crippen LogP contribution in [0, 0.1) is 12.3 Å². The number of hydrogen-bond donors (Lipinski definition) is 0. The van der Waals surface area contributed by atoms with E-state index in [0.29, 0.717) is 13.2 Å². The van der Waals surface area contributed by atoms with Crippen LogP contribution >= 0.6 is 0 Å². The summed E-state index contributed by atoms with van der Waals surface area (Å²) < 4.78 is 5.24. The molecule has 1 saturated heterocycles. The smallest absolute Gasteiger partial charge is 0.313 e. The van der Waals surface area contributed by atoms with Crippen molar-refractivity contribution in [3.05, 3.63) is 36.0 Å². The third kappa shape index (κ3) is 2.43. The number of ether oxygens (including phenoxy) is 1. The molecule has 4 heteroatoms. The second kappa shape index (κ2) is 5.59. The molecule has 1 fully saturated rings. The molecular weight excluding hydrogens is 276 g/mol. The Morgan fingerprint density at radius 3 is 3.00 bits per heavy atom. The van der Waals surface area contributed by atoms with E-state index in [1.165, 1.54) is 5.56 Å². The first-order valence-corrected chi connectivity index (χ1v) is 7.82. The number of hydrogen-bond acceptors (Lipinski definition) is 4. The Hall–Kier alpha value is -2.10. The van der Waals surface area contributed by atoms with Crippen molar-refractivity contribution in [3.63, 3.8) is 0 Å². The summed E-state index contributed by atoms with van der Waals surface area (Å²) in [4.78, 5) is 19.0. The second-order valence-electron chi connectivity index (χ2n) is 6.25. The van der Waals surface area contributed by atoms with E-state index in [0.717, 1.165) is 29.6 Å². The summed E-state index contributed by atoms with van der Waals surface area (Å²) >= 11 is 0.